The fourth-order valence-electron chi connectivity index (χ4n) is 2.39. The van der Waals surface area contributed by atoms with E-state index in [-0.39, 0.29) is 0 Å². The third kappa shape index (κ3) is 4.07. The molecular weight excluding hydrogens is 300 g/mol. The van der Waals surface area contributed by atoms with Crippen LogP contribution >= 0.6 is 0 Å². The van der Waals surface area contributed by atoms with Gasteiger partial charge in [0.1, 0.15) is 13.2 Å². The molecule has 0 aliphatic rings. The van der Waals surface area contributed by atoms with Gasteiger partial charge in [0.15, 0.2) is 11.5 Å². The van der Waals surface area contributed by atoms with E-state index in [4.69, 9.17) is 14.2 Å². The Bertz CT molecular complexity index is 693. The minimum absolute atomic E-state index is 0.485. The molecule has 3 aromatic rings. The van der Waals surface area contributed by atoms with Crippen LogP contribution in [0, 0.1) is 0 Å². The first-order chi connectivity index (χ1) is 11.9. The van der Waals surface area contributed by atoms with Gasteiger partial charge in [-0.05, 0) is 23.3 Å². The molecule has 0 fully saturated rings. The van der Waals surface area contributed by atoms with Crippen molar-refractivity contribution >= 4 is 0 Å². The normalized spacial score (nSPS) is 10.2. The molecule has 0 amide bonds. The van der Waals surface area contributed by atoms with Gasteiger partial charge in [-0.3, -0.25) is 0 Å². The average molecular weight is 320 g/mol. The molecule has 0 aliphatic carbocycles. The summed E-state index contributed by atoms with van der Waals surface area (Å²) in [6.07, 6.45) is 0. The predicted molar refractivity (Wildman–Crippen MR) is 94.5 cm³/mol. The van der Waals surface area contributed by atoms with E-state index in [9.17, 15) is 0 Å². The summed E-state index contributed by atoms with van der Waals surface area (Å²) < 4.78 is 17.3. The largest absolute Gasteiger partial charge is 0.490 e. The second kappa shape index (κ2) is 8.06. The molecule has 0 atom stereocenters. The maximum atomic E-state index is 5.90. The number of hydrogen-bond acceptors (Lipinski definition) is 3. The van der Waals surface area contributed by atoms with E-state index < -0.39 is 0 Å². The molecule has 122 valence electrons. The number of benzene rings is 3. The lowest BCUT2D eigenvalue weighted by molar-refractivity contribution is 0.257. The van der Waals surface area contributed by atoms with Gasteiger partial charge in [0, 0.05) is 0 Å². The molecule has 0 aromatic heterocycles. The molecule has 0 saturated heterocycles. The van der Waals surface area contributed by atoms with Crippen LogP contribution in [0.15, 0.2) is 78.9 Å². The van der Waals surface area contributed by atoms with Crippen molar-refractivity contribution in [1.82, 2.24) is 0 Å². The summed E-state index contributed by atoms with van der Waals surface area (Å²) >= 11 is 0. The fraction of sp³-hybridized carbons (Fsp3) is 0.143. The number of rotatable bonds is 7. The van der Waals surface area contributed by atoms with Gasteiger partial charge in [0.25, 0.3) is 0 Å². The highest BCUT2D eigenvalue weighted by Gasteiger charge is 2.12. The first-order valence-electron chi connectivity index (χ1n) is 7.87. The highest BCUT2D eigenvalue weighted by molar-refractivity contribution is 5.51. The molecule has 0 aliphatic heterocycles. The van der Waals surface area contributed by atoms with Crippen LogP contribution in [0.5, 0.6) is 17.2 Å². The van der Waals surface area contributed by atoms with Crippen molar-refractivity contribution in [3.05, 3.63) is 90.0 Å². The first kappa shape index (κ1) is 15.9. The monoisotopic (exact) mass is 320 g/mol. The van der Waals surface area contributed by atoms with E-state index in [0.717, 1.165) is 11.1 Å². The van der Waals surface area contributed by atoms with E-state index in [1.54, 1.807) is 7.11 Å². The van der Waals surface area contributed by atoms with Gasteiger partial charge in [-0.2, -0.15) is 0 Å². The summed E-state index contributed by atoms with van der Waals surface area (Å²) in [6.45, 7) is 0.971. The summed E-state index contributed by atoms with van der Waals surface area (Å²) in [6, 6.07) is 25.8. The Morgan fingerprint density at radius 1 is 0.583 bits per heavy atom. The summed E-state index contributed by atoms with van der Waals surface area (Å²) in [5.74, 6) is 1.96. The average Bonchev–Trinajstić information content (AvgIpc) is 2.66. The number of hydrogen-bond donors (Lipinski definition) is 0. The van der Waals surface area contributed by atoms with Gasteiger partial charge in [0.05, 0.1) is 7.11 Å². The Hall–Kier alpha value is -2.94. The first-order valence-corrected chi connectivity index (χ1v) is 7.87. The van der Waals surface area contributed by atoms with Gasteiger partial charge in [-0.25, -0.2) is 0 Å². The molecule has 0 spiro atoms. The van der Waals surface area contributed by atoms with E-state index in [1.165, 1.54) is 0 Å². The Balaban J connectivity index is 1.71. The molecule has 0 radical (unpaired) electrons. The van der Waals surface area contributed by atoms with Gasteiger partial charge in [-0.1, -0.05) is 66.7 Å². The highest BCUT2D eigenvalue weighted by atomic mass is 16.5. The zero-order valence-corrected chi connectivity index (χ0v) is 13.6. The summed E-state index contributed by atoms with van der Waals surface area (Å²) in [5.41, 5.74) is 2.21. The van der Waals surface area contributed by atoms with Crippen LogP contribution in [-0.4, -0.2) is 7.11 Å². The molecule has 3 nitrogen and oxygen atoms in total. The molecule has 0 bridgehead atoms. The molecular formula is C21H20O3. The maximum absolute atomic E-state index is 5.90. The van der Waals surface area contributed by atoms with Crippen molar-refractivity contribution in [2.24, 2.45) is 0 Å². The zero-order chi connectivity index (χ0) is 16.6. The van der Waals surface area contributed by atoms with Crippen molar-refractivity contribution in [1.29, 1.82) is 0 Å². The fourth-order valence-corrected chi connectivity index (χ4v) is 2.39. The number of ether oxygens (including phenoxy) is 3. The van der Waals surface area contributed by atoms with Crippen LogP contribution in [0.2, 0.25) is 0 Å². The minimum atomic E-state index is 0.485. The van der Waals surface area contributed by atoms with Gasteiger partial charge in [0.2, 0.25) is 5.75 Å². The summed E-state index contributed by atoms with van der Waals surface area (Å²) in [5, 5.41) is 0. The van der Waals surface area contributed by atoms with Crippen LogP contribution < -0.4 is 14.2 Å². The van der Waals surface area contributed by atoms with Crippen molar-refractivity contribution in [3.8, 4) is 17.2 Å². The molecule has 3 aromatic carbocycles. The molecule has 0 unspecified atom stereocenters. The topological polar surface area (TPSA) is 27.7 Å². The quantitative estimate of drug-likeness (QED) is 0.622. The SMILES string of the molecule is COc1c(OCc2ccccc2)cccc1OCc1ccccc1. The van der Waals surface area contributed by atoms with Gasteiger partial charge < -0.3 is 14.2 Å². The van der Waals surface area contributed by atoms with Crippen LogP contribution in [-0.2, 0) is 13.2 Å². The van der Waals surface area contributed by atoms with Crippen molar-refractivity contribution in [3.63, 3.8) is 0 Å². The molecule has 0 saturated carbocycles. The Morgan fingerprint density at radius 2 is 1.04 bits per heavy atom. The second-order valence-electron chi connectivity index (χ2n) is 5.34. The number of methoxy groups -OCH3 is 1. The van der Waals surface area contributed by atoms with Gasteiger partial charge in [-0.15, -0.1) is 0 Å². The van der Waals surface area contributed by atoms with Crippen molar-refractivity contribution in [2.45, 2.75) is 13.2 Å². The summed E-state index contributed by atoms with van der Waals surface area (Å²) in [7, 11) is 1.63. The van der Waals surface area contributed by atoms with Crippen LogP contribution in [0.4, 0.5) is 0 Å². The van der Waals surface area contributed by atoms with Crippen molar-refractivity contribution in [2.75, 3.05) is 7.11 Å². The van der Waals surface area contributed by atoms with E-state index >= 15 is 0 Å². The van der Waals surface area contributed by atoms with Crippen LogP contribution in [0.3, 0.4) is 0 Å². The molecule has 24 heavy (non-hydrogen) atoms. The number of para-hydroxylation sites is 1. The van der Waals surface area contributed by atoms with Gasteiger partial charge >= 0.3 is 0 Å². The lowest BCUT2D eigenvalue weighted by Crippen LogP contribution is -2.01. The molecule has 0 N–H and O–H groups in total. The second-order valence-corrected chi connectivity index (χ2v) is 5.34. The third-order valence-corrected chi connectivity index (χ3v) is 3.62. The lowest BCUT2D eigenvalue weighted by Gasteiger charge is -2.15. The van der Waals surface area contributed by atoms with E-state index in [1.807, 2.05) is 78.9 Å². The van der Waals surface area contributed by atoms with Crippen LogP contribution in [0.25, 0.3) is 0 Å². The van der Waals surface area contributed by atoms with E-state index in [2.05, 4.69) is 0 Å². The standard InChI is InChI=1S/C21H20O3/c1-22-21-19(23-15-17-9-4-2-5-10-17)13-8-14-20(21)24-16-18-11-6-3-7-12-18/h2-14H,15-16H2,1H3. The highest BCUT2D eigenvalue weighted by Crippen LogP contribution is 2.37. The lowest BCUT2D eigenvalue weighted by atomic mass is 10.2. The molecule has 3 heteroatoms. The Labute approximate surface area is 142 Å². The zero-order valence-electron chi connectivity index (χ0n) is 13.6. The smallest absolute Gasteiger partial charge is 0.203 e. The Kier molecular flexibility index (Phi) is 5.36. The Morgan fingerprint density at radius 3 is 1.46 bits per heavy atom. The molecule has 3 rings (SSSR count). The van der Waals surface area contributed by atoms with Crippen LogP contribution in [0.1, 0.15) is 11.1 Å². The predicted octanol–water partition coefficient (Wildman–Crippen LogP) is 4.85. The molecule has 0 heterocycles. The maximum Gasteiger partial charge on any atom is 0.203 e. The third-order valence-electron chi connectivity index (χ3n) is 3.62. The van der Waals surface area contributed by atoms with Crippen molar-refractivity contribution < 1.29 is 14.2 Å². The summed E-state index contributed by atoms with van der Waals surface area (Å²) in [4.78, 5) is 0. The minimum Gasteiger partial charge on any atom is -0.490 e. The van der Waals surface area contributed by atoms with E-state index in [0.29, 0.717) is 30.5 Å².